The Kier molecular flexibility index (Phi) is 4.47. The van der Waals surface area contributed by atoms with Crippen LogP contribution in [0.2, 0.25) is 0 Å². The summed E-state index contributed by atoms with van der Waals surface area (Å²) in [6.07, 6.45) is 5.47. The van der Waals surface area contributed by atoms with Crippen molar-refractivity contribution in [3.05, 3.63) is 88.5 Å². The zero-order valence-electron chi connectivity index (χ0n) is 16.8. The average Bonchev–Trinajstić information content (AvgIpc) is 3.14. The molecule has 30 heavy (non-hydrogen) atoms. The van der Waals surface area contributed by atoms with Gasteiger partial charge in [0.2, 0.25) is 0 Å². The second-order valence-electron chi connectivity index (χ2n) is 7.51. The molecule has 0 atom stereocenters. The Labute approximate surface area is 174 Å². The molecule has 0 saturated carbocycles. The lowest BCUT2D eigenvalue weighted by Gasteiger charge is -2.30. The van der Waals surface area contributed by atoms with Crippen LogP contribution in [0.25, 0.3) is 16.9 Å². The Morgan fingerprint density at radius 1 is 1.03 bits per heavy atom. The van der Waals surface area contributed by atoms with E-state index >= 15 is 0 Å². The van der Waals surface area contributed by atoms with Crippen LogP contribution in [-0.4, -0.2) is 26.8 Å². The monoisotopic (exact) mass is 398 g/mol. The molecule has 0 aliphatic carbocycles. The SMILES string of the molecule is CCn1cc(C(=O)N2CCCc3ccccc32)c2nn(-c3ccccc3)c(=O)c-2c1. The molecule has 0 saturated heterocycles. The fourth-order valence-corrected chi connectivity index (χ4v) is 4.13. The van der Waals surface area contributed by atoms with Gasteiger partial charge < -0.3 is 9.47 Å². The molecule has 0 fully saturated rings. The standard InChI is InChI=1S/C24H22N4O2/c1-2-26-15-19(23(29)27-14-8-10-17-9-6-7-13-21(17)27)22-20(16-26)24(30)28(25-22)18-11-4-3-5-12-18/h3-7,9,11-13,15-16H,2,8,10,14H2,1H3. The van der Waals surface area contributed by atoms with Crippen LogP contribution in [0.4, 0.5) is 5.69 Å². The minimum Gasteiger partial charge on any atom is -0.353 e. The second-order valence-corrected chi connectivity index (χ2v) is 7.51. The van der Waals surface area contributed by atoms with Crippen LogP contribution in [0.5, 0.6) is 0 Å². The maximum atomic E-state index is 13.7. The molecule has 3 aliphatic heterocycles. The Balaban J connectivity index is 1.68. The number of hydrogen-bond donors (Lipinski definition) is 0. The summed E-state index contributed by atoms with van der Waals surface area (Å²) in [4.78, 5) is 28.6. The number of pyridine rings is 1. The van der Waals surface area contributed by atoms with Gasteiger partial charge >= 0.3 is 0 Å². The highest BCUT2D eigenvalue weighted by atomic mass is 16.2. The van der Waals surface area contributed by atoms with E-state index in [0.717, 1.165) is 18.5 Å². The molecule has 150 valence electrons. The Morgan fingerprint density at radius 2 is 1.80 bits per heavy atom. The average molecular weight is 398 g/mol. The summed E-state index contributed by atoms with van der Waals surface area (Å²) in [5.41, 5.74) is 3.94. The highest BCUT2D eigenvalue weighted by molar-refractivity contribution is 6.10. The number of carbonyl (C=O) groups excluding carboxylic acids is 1. The largest absolute Gasteiger partial charge is 0.353 e. The number of para-hydroxylation sites is 2. The molecule has 0 bridgehead atoms. The highest BCUT2D eigenvalue weighted by Crippen LogP contribution is 2.30. The van der Waals surface area contributed by atoms with Crippen LogP contribution in [0.1, 0.15) is 29.3 Å². The quantitative estimate of drug-likeness (QED) is 0.528. The van der Waals surface area contributed by atoms with Crippen molar-refractivity contribution in [2.75, 3.05) is 11.4 Å². The normalized spacial score (nSPS) is 13.4. The zero-order valence-corrected chi connectivity index (χ0v) is 16.8. The summed E-state index contributed by atoms with van der Waals surface area (Å²) in [5, 5.41) is 4.57. The van der Waals surface area contributed by atoms with E-state index < -0.39 is 0 Å². The van der Waals surface area contributed by atoms with E-state index in [-0.39, 0.29) is 11.5 Å². The van der Waals surface area contributed by atoms with Gasteiger partial charge in [-0.2, -0.15) is 9.78 Å². The summed E-state index contributed by atoms with van der Waals surface area (Å²) in [7, 11) is 0. The molecule has 6 heteroatoms. The summed E-state index contributed by atoms with van der Waals surface area (Å²) >= 11 is 0. The van der Waals surface area contributed by atoms with Gasteiger partial charge in [0.1, 0.15) is 5.69 Å². The van der Waals surface area contributed by atoms with Gasteiger partial charge in [0.05, 0.1) is 16.8 Å². The van der Waals surface area contributed by atoms with Gasteiger partial charge in [0.25, 0.3) is 11.5 Å². The smallest absolute Gasteiger partial charge is 0.282 e. The third-order valence-corrected chi connectivity index (χ3v) is 5.67. The predicted octanol–water partition coefficient (Wildman–Crippen LogP) is 3.75. The molecule has 0 N–H and O–H groups in total. The number of carbonyl (C=O) groups is 1. The maximum absolute atomic E-state index is 13.7. The van der Waals surface area contributed by atoms with Crippen molar-refractivity contribution in [1.82, 2.24) is 14.3 Å². The molecule has 1 amide bonds. The molecule has 5 rings (SSSR count). The molecule has 2 aromatic carbocycles. The number of fused-ring (bicyclic) bond motifs is 2. The molecule has 0 unspecified atom stereocenters. The van der Waals surface area contributed by atoms with Crippen molar-refractivity contribution in [3.63, 3.8) is 0 Å². The van der Waals surface area contributed by atoms with Crippen LogP contribution in [0, 0.1) is 0 Å². The lowest BCUT2D eigenvalue weighted by Crippen LogP contribution is -2.36. The fourth-order valence-electron chi connectivity index (χ4n) is 4.13. The van der Waals surface area contributed by atoms with E-state index in [1.165, 1.54) is 10.2 Å². The van der Waals surface area contributed by atoms with E-state index in [1.807, 2.05) is 71.1 Å². The van der Waals surface area contributed by atoms with E-state index in [4.69, 9.17) is 0 Å². The predicted molar refractivity (Wildman–Crippen MR) is 117 cm³/mol. The van der Waals surface area contributed by atoms with Crippen molar-refractivity contribution < 1.29 is 4.79 Å². The first kappa shape index (κ1) is 18.4. The summed E-state index contributed by atoms with van der Waals surface area (Å²) in [5.74, 6) is -0.118. The second kappa shape index (κ2) is 7.30. The molecule has 0 radical (unpaired) electrons. The molecule has 0 aromatic heterocycles. The van der Waals surface area contributed by atoms with E-state index in [2.05, 4.69) is 11.2 Å². The van der Waals surface area contributed by atoms with Crippen molar-refractivity contribution in [1.29, 1.82) is 0 Å². The van der Waals surface area contributed by atoms with Crippen LogP contribution < -0.4 is 10.5 Å². The number of aromatic nitrogens is 3. The highest BCUT2D eigenvalue weighted by Gasteiger charge is 2.29. The van der Waals surface area contributed by atoms with E-state index in [0.29, 0.717) is 35.6 Å². The molecule has 2 aromatic rings. The first-order valence-corrected chi connectivity index (χ1v) is 10.3. The van der Waals surface area contributed by atoms with Gasteiger partial charge in [0.15, 0.2) is 0 Å². The molecule has 3 aliphatic rings. The van der Waals surface area contributed by atoms with Crippen molar-refractivity contribution in [2.45, 2.75) is 26.3 Å². The number of anilines is 1. The van der Waals surface area contributed by atoms with Crippen LogP contribution in [-0.2, 0) is 13.0 Å². The van der Waals surface area contributed by atoms with Crippen molar-refractivity contribution in [2.24, 2.45) is 0 Å². The van der Waals surface area contributed by atoms with Gasteiger partial charge in [-0.25, -0.2) is 0 Å². The summed E-state index contributed by atoms with van der Waals surface area (Å²) in [6, 6.07) is 17.3. The van der Waals surface area contributed by atoms with E-state index in [1.54, 1.807) is 6.20 Å². The summed E-state index contributed by atoms with van der Waals surface area (Å²) < 4.78 is 3.26. The zero-order chi connectivity index (χ0) is 20.7. The number of hydrogen-bond acceptors (Lipinski definition) is 3. The molecular formula is C24H22N4O2. The third kappa shape index (κ3) is 2.92. The van der Waals surface area contributed by atoms with Crippen LogP contribution in [0.15, 0.2) is 71.8 Å². The summed E-state index contributed by atoms with van der Waals surface area (Å²) in [6.45, 7) is 3.30. The van der Waals surface area contributed by atoms with Crippen molar-refractivity contribution >= 4 is 11.6 Å². The minimum atomic E-state index is -0.216. The first-order valence-electron chi connectivity index (χ1n) is 10.3. The molecule has 3 heterocycles. The van der Waals surface area contributed by atoms with Crippen LogP contribution >= 0.6 is 0 Å². The number of amides is 1. The Morgan fingerprint density at radius 3 is 2.60 bits per heavy atom. The lowest BCUT2D eigenvalue weighted by atomic mass is 10.00. The molecular weight excluding hydrogens is 376 g/mol. The molecule has 6 nitrogen and oxygen atoms in total. The Bertz CT molecular complexity index is 1260. The fraction of sp³-hybridized carbons (Fsp3) is 0.208. The van der Waals surface area contributed by atoms with Gasteiger partial charge in [0, 0.05) is 31.2 Å². The number of aryl methyl sites for hydroxylation is 2. The maximum Gasteiger partial charge on any atom is 0.282 e. The van der Waals surface area contributed by atoms with E-state index in [9.17, 15) is 9.59 Å². The Hall–Kier alpha value is -3.67. The minimum absolute atomic E-state index is 0.118. The number of benzene rings is 2. The van der Waals surface area contributed by atoms with Gasteiger partial charge in [-0.05, 0) is 43.5 Å². The van der Waals surface area contributed by atoms with Crippen molar-refractivity contribution in [3.8, 4) is 16.9 Å². The first-order chi connectivity index (χ1) is 14.7. The lowest BCUT2D eigenvalue weighted by molar-refractivity contribution is 0.0984. The van der Waals surface area contributed by atoms with Crippen LogP contribution in [0.3, 0.4) is 0 Å². The molecule has 0 spiro atoms. The van der Waals surface area contributed by atoms with Gasteiger partial charge in [-0.3, -0.25) is 9.59 Å². The third-order valence-electron chi connectivity index (χ3n) is 5.67. The number of nitrogens with zero attached hydrogens (tertiary/aromatic N) is 4. The number of rotatable bonds is 3. The topological polar surface area (TPSA) is 60.1 Å². The van der Waals surface area contributed by atoms with Gasteiger partial charge in [-0.1, -0.05) is 36.4 Å². The van der Waals surface area contributed by atoms with Gasteiger partial charge in [-0.15, -0.1) is 0 Å².